The van der Waals surface area contributed by atoms with Crippen molar-refractivity contribution in [3.05, 3.63) is 12.2 Å². The van der Waals surface area contributed by atoms with E-state index in [-0.39, 0.29) is 0 Å². The lowest BCUT2D eigenvalue weighted by atomic mass is 9.97. The van der Waals surface area contributed by atoms with Gasteiger partial charge in [-0.05, 0) is 12.5 Å². The van der Waals surface area contributed by atoms with Gasteiger partial charge < -0.3 is 30.5 Å². The van der Waals surface area contributed by atoms with Crippen molar-refractivity contribution in [2.45, 2.75) is 44.0 Å². The number of aliphatic hydroxyl groups excluding tert-OH is 4. The van der Waals surface area contributed by atoms with Gasteiger partial charge in [0.1, 0.15) is 24.4 Å². The van der Waals surface area contributed by atoms with Gasteiger partial charge in [-0.1, -0.05) is 13.0 Å². The molecule has 104 valence electrons. The van der Waals surface area contributed by atoms with Gasteiger partial charge in [-0.3, -0.25) is 4.79 Å². The summed E-state index contributed by atoms with van der Waals surface area (Å²) in [7, 11) is 0. The van der Waals surface area contributed by atoms with Gasteiger partial charge in [0, 0.05) is 0 Å². The summed E-state index contributed by atoms with van der Waals surface area (Å²) in [5, 5.41) is 40.1. The van der Waals surface area contributed by atoms with Crippen LogP contribution in [-0.4, -0.2) is 63.6 Å². The molecule has 1 amide bonds. The lowest BCUT2D eigenvalue weighted by molar-refractivity contribution is -0.253. The van der Waals surface area contributed by atoms with E-state index >= 15 is 0 Å². The maximum atomic E-state index is 11.4. The normalized spacial score (nSPS) is 36.8. The number of nitrogens with one attached hydrogen (secondary N) is 1. The fraction of sp³-hybridized carbons (Fsp3) is 0.727. The van der Waals surface area contributed by atoms with Gasteiger partial charge in [-0.25, -0.2) is 0 Å². The quantitative estimate of drug-likeness (QED) is 0.369. The van der Waals surface area contributed by atoms with Gasteiger partial charge in [-0.2, -0.15) is 0 Å². The van der Waals surface area contributed by atoms with E-state index < -0.39 is 43.2 Å². The number of aliphatic hydroxyl groups is 4. The molecule has 5 atom stereocenters. The molecule has 1 rings (SSSR count). The number of amides is 1. The molecule has 0 aromatic carbocycles. The van der Waals surface area contributed by atoms with Crippen LogP contribution in [0.2, 0.25) is 0 Å². The van der Waals surface area contributed by atoms with Gasteiger partial charge in [0.15, 0.2) is 6.29 Å². The molecule has 0 radical (unpaired) electrons. The third-order valence-electron chi connectivity index (χ3n) is 2.71. The molecule has 0 aromatic rings. The Labute approximate surface area is 105 Å². The lowest BCUT2D eigenvalue weighted by Gasteiger charge is -2.40. The monoisotopic (exact) mass is 261 g/mol. The van der Waals surface area contributed by atoms with Crippen molar-refractivity contribution in [1.82, 2.24) is 5.32 Å². The summed E-state index contributed by atoms with van der Waals surface area (Å²) in [4.78, 5) is 11.4. The first-order valence-electron chi connectivity index (χ1n) is 5.78. The third kappa shape index (κ3) is 3.50. The maximum Gasteiger partial charge on any atom is 0.244 e. The predicted molar refractivity (Wildman–Crippen MR) is 61.3 cm³/mol. The minimum absolute atomic E-state index is 0.502. The van der Waals surface area contributed by atoms with Crippen LogP contribution < -0.4 is 5.32 Å². The van der Waals surface area contributed by atoms with Crippen LogP contribution in [0.1, 0.15) is 13.3 Å². The Morgan fingerprint density at radius 2 is 2.00 bits per heavy atom. The van der Waals surface area contributed by atoms with Crippen LogP contribution in [0.25, 0.3) is 0 Å². The number of carbonyl (C=O) groups excluding carboxylic acids is 1. The second kappa shape index (κ2) is 6.81. The largest absolute Gasteiger partial charge is 0.394 e. The SMILES string of the molecule is CCC=CC(=O)N[C@H]1C(O)O[C@H](CO)[C@@H](O)[C@@H]1O. The zero-order valence-electron chi connectivity index (χ0n) is 10.1. The molecular formula is C11H19NO6. The number of hydrogen-bond acceptors (Lipinski definition) is 6. The van der Waals surface area contributed by atoms with Crippen molar-refractivity contribution in [2.24, 2.45) is 0 Å². The summed E-state index contributed by atoms with van der Waals surface area (Å²) in [6, 6.07) is -1.14. The standard InChI is InChI=1S/C11H19NO6/c1-2-3-4-7(14)12-8-10(16)9(15)6(5-13)18-11(8)17/h3-4,6,8-11,13,15-17H,2,5H2,1H3,(H,12,14)/t6-,8-,9-,10-,11?/m1/s1. The molecule has 1 saturated heterocycles. The zero-order chi connectivity index (χ0) is 13.7. The van der Waals surface area contributed by atoms with Gasteiger partial charge in [0.25, 0.3) is 0 Å². The number of ether oxygens (including phenoxy) is 1. The average Bonchev–Trinajstić information content (AvgIpc) is 2.36. The van der Waals surface area contributed by atoms with Crippen LogP contribution in [0.15, 0.2) is 12.2 Å². The average molecular weight is 261 g/mol. The van der Waals surface area contributed by atoms with Crippen molar-refractivity contribution < 1.29 is 30.0 Å². The summed E-state index contributed by atoms with van der Waals surface area (Å²) < 4.78 is 4.89. The molecule has 7 heteroatoms. The molecule has 18 heavy (non-hydrogen) atoms. The Bertz CT molecular complexity index is 308. The van der Waals surface area contributed by atoms with E-state index in [0.29, 0.717) is 6.42 Å². The van der Waals surface area contributed by atoms with E-state index in [1.807, 2.05) is 6.92 Å². The molecule has 0 aliphatic carbocycles. The highest BCUT2D eigenvalue weighted by Crippen LogP contribution is 2.19. The fourth-order valence-corrected chi connectivity index (χ4v) is 1.69. The van der Waals surface area contributed by atoms with Crippen molar-refractivity contribution >= 4 is 5.91 Å². The Hall–Kier alpha value is -0.990. The zero-order valence-corrected chi connectivity index (χ0v) is 10.1. The second-order valence-corrected chi connectivity index (χ2v) is 4.07. The molecule has 5 N–H and O–H groups in total. The highest BCUT2D eigenvalue weighted by atomic mass is 16.6. The van der Waals surface area contributed by atoms with Crippen molar-refractivity contribution in [1.29, 1.82) is 0 Å². The first kappa shape index (κ1) is 15.1. The first-order valence-corrected chi connectivity index (χ1v) is 5.78. The predicted octanol–water partition coefficient (Wildman–Crippen LogP) is -2.13. The second-order valence-electron chi connectivity index (χ2n) is 4.07. The molecule has 1 heterocycles. The maximum absolute atomic E-state index is 11.4. The number of rotatable bonds is 4. The van der Waals surface area contributed by atoms with Crippen LogP contribution in [0.5, 0.6) is 0 Å². The molecule has 1 unspecified atom stereocenters. The van der Waals surface area contributed by atoms with E-state index in [0.717, 1.165) is 0 Å². The number of carbonyl (C=O) groups is 1. The topological polar surface area (TPSA) is 119 Å². The van der Waals surface area contributed by atoms with Crippen LogP contribution in [0, 0.1) is 0 Å². The summed E-state index contributed by atoms with van der Waals surface area (Å²) in [6.07, 6.45) is -1.79. The van der Waals surface area contributed by atoms with E-state index in [4.69, 9.17) is 9.84 Å². The summed E-state index contributed by atoms with van der Waals surface area (Å²) in [5.74, 6) is -0.502. The van der Waals surface area contributed by atoms with Gasteiger partial charge >= 0.3 is 0 Å². The molecule has 1 aliphatic rings. The smallest absolute Gasteiger partial charge is 0.244 e. The minimum Gasteiger partial charge on any atom is -0.394 e. The lowest BCUT2D eigenvalue weighted by Crippen LogP contribution is -2.64. The molecule has 1 aliphatic heterocycles. The van der Waals surface area contributed by atoms with Crippen LogP contribution in [-0.2, 0) is 9.53 Å². The number of allylic oxidation sites excluding steroid dienone is 1. The highest BCUT2D eigenvalue weighted by molar-refractivity contribution is 5.87. The molecular weight excluding hydrogens is 242 g/mol. The fourth-order valence-electron chi connectivity index (χ4n) is 1.69. The van der Waals surface area contributed by atoms with Crippen LogP contribution >= 0.6 is 0 Å². The van der Waals surface area contributed by atoms with E-state index in [1.54, 1.807) is 6.08 Å². The highest BCUT2D eigenvalue weighted by Gasteiger charge is 2.43. The Morgan fingerprint density at radius 1 is 1.33 bits per heavy atom. The van der Waals surface area contributed by atoms with E-state index in [1.165, 1.54) is 6.08 Å². The Balaban J connectivity index is 2.65. The van der Waals surface area contributed by atoms with Gasteiger partial charge in [-0.15, -0.1) is 0 Å². The van der Waals surface area contributed by atoms with Crippen LogP contribution in [0.3, 0.4) is 0 Å². The van der Waals surface area contributed by atoms with Crippen LogP contribution in [0.4, 0.5) is 0 Å². The molecule has 1 fully saturated rings. The summed E-state index contributed by atoms with van der Waals surface area (Å²) in [5.41, 5.74) is 0. The molecule has 0 aromatic heterocycles. The third-order valence-corrected chi connectivity index (χ3v) is 2.71. The molecule has 0 spiro atoms. The molecule has 0 bridgehead atoms. The summed E-state index contributed by atoms with van der Waals surface area (Å²) >= 11 is 0. The van der Waals surface area contributed by atoms with Crippen molar-refractivity contribution in [3.63, 3.8) is 0 Å². The molecule has 7 nitrogen and oxygen atoms in total. The molecule has 0 saturated carbocycles. The van der Waals surface area contributed by atoms with E-state index in [2.05, 4.69) is 5.32 Å². The van der Waals surface area contributed by atoms with E-state index in [9.17, 15) is 20.1 Å². The minimum atomic E-state index is -1.49. The Kier molecular flexibility index (Phi) is 5.70. The first-order chi connectivity index (χ1) is 8.51. The van der Waals surface area contributed by atoms with Crippen molar-refractivity contribution in [2.75, 3.05) is 6.61 Å². The number of hydrogen-bond donors (Lipinski definition) is 5. The van der Waals surface area contributed by atoms with Crippen molar-refractivity contribution in [3.8, 4) is 0 Å². The summed E-state index contributed by atoms with van der Waals surface area (Å²) in [6.45, 7) is 1.32. The van der Waals surface area contributed by atoms with Gasteiger partial charge in [0.05, 0.1) is 6.61 Å². The van der Waals surface area contributed by atoms with Gasteiger partial charge in [0.2, 0.25) is 5.91 Å². The Morgan fingerprint density at radius 3 is 2.56 bits per heavy atom.